The van der Waals surface area contributed by atoms with Gasteiger partial charge in [0.25, 0.3) is 0 Å². The summed E-state index contributed by atoms with van der Waals surface area (Å²) in [5, 5.41) is 31.5. The van der Waals surface area contributed by atoms with E-state index in [4.69, 9.17) is 23.7 Å². The Bertz CT molecular complexity index is 1750. The molecule has 0 radical (unpaired) electrons. The molecular weight excluding hydrogens is 973 g/mol. The van der Waals surface area contributed by atoms with Crippen LogP contribution >= 0.6 is 0 Å². The van der Waals surface area contributed by atoms with E-state index in [2.05, 4.69) is 130 Å². The van der Waals surface area contributed by atoms with Crippen LogP contribution in [0.25, 0.3) is 0 Å². The van der Waals surface area contributed by atoms with Gasteiger partial charge in [0, 0.05) is 19.3 Å². The van der Waals surface area contributed by atoms with E-state index >= 15 is 0 Å². The maximum atomic E-state index is 13.1. The fourth-order valence-corrected chi connectivity index (χ4v) is 8.23. The van der Waals surface area contributed by atoms with Crippen LogP contribution in [0, 0.1) is 0 Å². The highest BCUT2D eigenvalue weighted by Crippen LogP contribution is 2.26. The van der Waals surface area contributed by atoms with E-state index in [0.29, 0.717) is 19.3 Å². The molecule has 6 unspecified atom stereocenters. The number of carboxylic acid groups (broad SMARTS) is 1. The van der Waals surface area contributed by atoms with Gasteiger partial charge in [-0.2, -0.15) is 0 Å². The number of aliphatic hydroxyl groups excluding tert-OH is 2. The lowest BCUT2D eigenvalue weighted by atomic mass is 9.98. The normalized spacial score (nSPS) is 18.8. The molecule has 6 atom stereocenters. The number of carboxylic acids is 1. The topological polar surface area (TPSA) is 175 Å². The Morgan fingerprint density at radius 3 is 1.31 bits per heavy atom. The zero-order valence-corrected chi connectivity index (χ0v) is 47.9. The van der Waals surface area contributed by atoms with E-state index in [-0.39, 0.29) is 25.9 Å². The number of unbranched alkanes of at least 4 members (excludes halogenated alkanes) is 17. The van der Waals surface area contributed by atoms with E-state index < -0.39 is 67.3 Å². The van der Waals surface area contributed by atoms with Crippen LogP contribution in [0.15, 0.2) is 109 Å². The molecule has 1 fully saturated rings. The molecule has 12 nitrogen and oxygen atoms in total. The van der Waals surface area contributed by atoms with Gasteiger partial charge in [-0.3, -0.25) is 14.4 Å². The highest BCUT2D eigenvalue weighted by Gasteiger charge is 2.50. The van der Waals surface area contributed by atoms with Crippen LogP contribution in [-0.4, -0.2) is 89.2 Å². The van der Waals surface area contributed by atoms with Crippen molar-refractivity contribution in [1.29, 1.82) is 0 Å². The van der Waals surface area contributed by atoms with Crippen molar-refractivity contribution in [3.05, 3.63) is 109 Å². The smallest absolute Gasteiger partial charge is 0.335 e. The Morgan fingerprint density at radius 2 is 0.844 bits per heavy atom. The standard InChI is InChI=1S/C65H104O12/c1-4-7-10-13-16-19-22-25-27-28-29-30-32-34-36-39-42-45-48-51-57(66)73-54-56(75-58(67)52-49-46-43-40-37-33-24-21-18-15-12-9-6-3)55-74-65-63(61(70)60(69)62(77-65)64(71)72)76-59(68)53-50-47-44-41-38-35-31-26-23-20-17-14-11-8-5-2/h7,10,12,15-17,19-21,24-27,29-31,34,36,56,60-63,65,69-70H,4-6,8-9,11,13-14,18,22-23,28,32-33,35,37-55H2,1-3H3,(H,71,72)/b10-7-,15-12-,19-16-,20-17-,24-21-,27-25-,30-29-,31-26-,36-34-. The van der Waals surface area contributed by atoms with E-state index in [1.165, 1.54) is 19.3 Å². The molecule has 0 aliphatic carbocycles. The van der Waals surface area contributed by atoms with Gasteiger partial charge in [0.05, 0.1) is 6.61 Å². The molecule has 436 valence electrons. The van der Waals surface area contributed by atoms with Gasteiger partial charge >= 0.3 is 23.9 Å². The number of esters is 3. The molecule has 0 saturated carbocycles. The summed E-state index contributed by atoms with van der Waals surface area (Å²) < 4.78 is 28.4. The summed E-state index contributed by atoms with van der Waals surface area (Å²) in [5.41, 5.74) is 0. The second kappa shape index (κ2) is 52.1. The molecule has 0 bridgehead atoms. The first-order valence-corrected chi connectivity index (χ1v) is 29.9. The average Bonchev–Trinajstić information content (AvgIpc) is 3.42. The molecule has 0 amide bonds. The SMILES string of the molecule is CC/C=C\C/C=C\C/C=C\C/C=C\C/C=C\CCCCCC(=O)OCC(COC1OC(C(=O)O)C(O)C(O)C1OC(=O)CCCCCCC/C=C\C/C=C\CCCCC)OC(=O)CCCCCCC/C=C\C/C=C\CCC. The van der Waals surface area contributed by atoms with Crippen molar-refractivity contribution in [2.75, 3.05) is 13.2 Å². The van der Waals surface area contributed by atoms with Gasteiger partial charge in [-0.25, -0.2) is 4.79 Å². The lowest BCUT2D eigenvalue weighted by molar-refractivity contribution is -0.301. The summed E-state index contributed by atoms with van der Waals surface area (Å²) >= 11 is 0. The fourth-order valence-electron chi connectivity index (χ4n) is 8.23. The molecule has 0 aromatic carbocycles. The summed E-state index contributed by atoms with van der Waals surface area (Å²) in [4.78, 5) is 51.1. The van der Waals surface area contributed by atoms with Crippen LogP contribution in [0.3, 0.4) is 0 Å². The number of aliphatic carboxylic acids is 1. The van der Waals surface area contributed by atoms with Crippen molar-refractivity contribution in [3.8, 4) is 0 Å². The molecule has 3 N–H and O–H groups in total. The quantitative estimate of drug-likeness (QED) is 0.0228. The Balaban J connectivity index is 2.73. The predicted octanol–water partition coefficient (Wildman–Crippen LogP) is 15.4. The largest absolute Gasteiger partial charge is 0.479 e. The van der Waals surface area contributed by atoms with Crippen LogP contribution in [-0.2, 0) is 42.9 Å². The van der Waals surface area contributed by atoms with E-state index in [1.807, 2.05) is 0 Å². The Hall–Kier alpha value is -4.62. The number of hydrogen-bond acceptors (Lipinski definition) is 11. The molecule has 77 heavy (non-hydrogen) atoms. The summed E-state index contributed by atoms with van der Waals surface area (Å²) in [7, 11) is 0. The average molecular weight is 1080 g/mol. The first-order chi connectivity index (χ1) is 37.6. The lowest BCUT2D eigenvalue weighted by Gasteiger charge is -2.40. The first-order valence-electron chi connectivity index (χ1n) is 29.9. The Morgan fingerprint density at radius 1 is 0.442 bits per heavy atom. The van der Waals surface area contributed by atoms with Crippen molar-refractivity contribution < 1.29 is 58.2 Å². The van der Waals surface area contributed by atoms with Gasteiger partial charge in [0.2, 0.25) is 0 Å². The maximum Gasteiger partial charge on any atom is 0.335 e. The molecule has 12 heteroatoms. The molecule has 1 saturated heterocycles. The minimum Gasteiger partial charge on any atom is -0.479 e. The van der Waals surface area contributed by atoms with E-state index in [0.717, 1.165) is 148 Å². The number of carbonyl (C=O) groups is 4. The van der Waals surface area contributed by atoms with Crippen molar-refractivity contribution in [1.82, 2.24) is 0 Å². The second-order valence-electron chi connectivity index (χ2n) is 19.9. The van der Waals surface area contributed by atoms with Crippen LogP contribution in [0.5, 0.6) is 0 Å². The van der Waals surface area contributed by atoms with Gasteiger partial charge < -0.3 is 39.0 Å². The first kappa shape index (κ1) is 70.4. The minimum atomic E-state index is -1.92. The Labute approximate surface area is 465 Å². The van der Waals surface area contributed by atoms with E-state index in [9.17, 15) is 34.5 Å². The summed E-state index contributed by atoms with van der Waals surface area (Å²) in [6.45, 7) is 5.73. The van der Waals surface area contributed by atoms with Crippen molar-refractivity contribution in [3.63, 3.8) is 0 Å². The predicted molar refractivity (Wildman–Crippen MR) is 312 cm³/mol. The number of allylic oxidation sites excluding steroid dienone is 18. The summed E-state index contributed by atoms with van der Waals surface area (Å²) in [6, 6.07) is 0. The van der Waals surface area contributed by atoms with Gasteiger partial charge in [-0.05, 0) is 122 Å². The van der Waals surface area contributed by atoms with Crippen LogP contribution in [0.2, 0.25) is 0 Å². The highest BCUT2D eigenvalue weighted by atomic mass is 16.7. The van der Waals surface area contributed by atoms with Crippen LogP contribution in [0.1, 0.15) is 226 Å². The molecule has 1 heterocycles. The minimum absolute atomic E-state index is 0.0342. The monoisotopic (exact) mass is 1080 g/mol. The van der Waals surface area contributed by atoms with Crippen molar-refractivity contribution in [2.45, 2.75) is 263 Å². The van der Waals surface area contributed by atoms with Crippen LogP contribution in [0.4, 0.5) is 0 Å². The molecule has 1 aliphatic rings. The molecule has 1 aliphatic heterocycles. The van der Waals surface area contributed by atoms with Gasteiger partial charge in [0.1, 0.15) is 18.8 Å². The van der Waals surface area contributed by atoms with Crippen molar-refractivity contribution >= 4 is 23.9 Å². The number of ether oxygens (including phenoxy) is 5. The maximum absolute atomic E-state index is 13.1. The van der Waals surface area contributed by atoms with Crippen molar-refractivity contribution in [2.24, 2.45) is 0 Å². The number of rotatable bonds is 49. The molecule has 1 rings (SSSR count). The second-order valence-corrected chi connectivity index (χ2v) is 19.9. The Kier molecular flexibility index (Phi) is 47.6. The highest BCUT2D eigenvalue weighted by molar-refractivity contribution is 5.74. The van der Waals surface area contributed by atoms with E-state index in [1.54, 1.807) is 0 Å². The lowest BCUT2D eigenvalue weighted by Crippen LogP contribution is -2.61. The number of aliphatic hydroxyl groups is 2. The molecule has 0 aromatic heterocycles. The van der Waals surface area contributed by atoms with Crippen LogP contribution < -0.4 is 0 Å². The summed E-state index contributed by atoms with van der Waals surface area (Å²) in [6.07, 6.45) is 57.7. The third-order valence-electron chi connectivity index (χ3n) is 12.8. The number of carbonyl (C=O) groups excluding carboxylic acids is 3. The third-order valence-corrected chi connectivity index (χ3v) is 12.8. The third kappa shape index (κ3) is 42.1. The molecule has 0 spiro atoms. The fraction of sp³-hybridized carbons (Fsp3) is 0.662. The number of hydrogen-bond donors (Lipinski definition) is 3. The summed E-state index contributed by atoms with van der Waals surface area (Å²) in [5.74, 6) is -3.21. The van der Waals surface area contributed by atoms with Gasteiger partial charge in [-0.1, -0.05) is 194 Å². The zero-order valence-electron chi connectivity index (χ0n) is 47.9. The van der Waals surface area contributed by atoms with Gasteiger partial charge in [0.15, 0.2) is 24.6 Å². The van der Waals surface area contributed by atoms with Gasteiger partial charge in [-0.15, -0.1) is 0 Å². The zero-order chi connectivity index (χ0) is 56.1. The molecule has 0 aromatic rings. The molecular formula is C65H104O12.